The first kappa shape index (κ1) is 17.2. The van der Waals surface area contributed by atoms with Gasteiger partial charge in [-0.15, -0.1) is 4.83 Å². The van der Waals surface area contributed by atoms with E-state index >= 15 is 0 Å². The SMILES string of the molecule is CCc1ccc(C(=O)NNS(=O)(=O)c2ccc(CC)cc2)cc1. The monoisotopic (exact) mass is 332 g/mol. The smallest absolute Gasteiger partial charge is 0.266 e. The van der Waals surface area contributed by atoms with E-state index in [9.17, 15) is 13.2 Å². The molecule has 0 spiro atoms. The van der Waals surface area contributed by atoms with Crippen LogP contribution in [0, 0.1) is 0 Å². The first-order valence-corrected chi connectivity index (χ1v) is 8.94. The van der Waals surface area contributed by atoms with E-state index in [0.29, 0.717) is 5.56 Å². The summed E-state index contributed by atoms with van der Waals surface area (Å²) in [5, 5.41) is 0. The third-order valence-electron chi connectivity index (χ3n) is 3.57. The van der Waals surface area contributed by atoms with E-state index in [1.807, 2.05) is 26.0 Å². The first-order valence-electron chi connectivity index (χ1n) is 7.46. The Bertz CT molecular complexity index is 766. The average Bonchev–Trinajstić information content (AvgIpc) is 2.60. The molecule has 0 aliphatic heterocycles. The summed E-state index contributed by atoms with van der Waals surface area (Å²) in [6.45, 7) is 4.01. The Morgan fingerprint density at radius 2 is 1.35 bits per heavy atom. The molecule has 0 saturated carbocycles. The van der Waals surface area contributed by atoms with Crippen molar-refractivity contribution in [3.8, 4) is 0 Å². The molecule has 2 rings (SSSR count). The predicted octanol–water partition coefficient (Wildman–Crippen LogP) is 2.43. The van der Waals surface area contributed by atoms with Crippen LogP contribution < -0.4 is 10.3 Å². The Morgan fingerprint density at radius 1 is 0.870 bits per heavy atom. The normalized spacial score (nSPS) is 11.2. The van der Waals surface area contributed by atoms with Crippen molar-refractivity contribution < 1.29 is 13.2 Å². The van der Waals surface area contributed by atoms with Crippen molar-refractivity contribution in [2.75, 3.05) is 0 Å². The molecular weight excluding hydrogens is 312 g/mol. The Labute approximate surface area is 136 Å². The Balaban J connectivity index is 2.03. The predicted molar refractivity (Wildman–Crippen MR) is 89.4 cm³/mol. The van der Waals surface area contributed by atoms with Crippen LogP contribution in [-0.2, 0) is 22.9 Å². The average molecular weight is 332 g/mol. The van der Waals surface area contributed by atoms with E-state index in [4.69, 9.17) is 0 Å². The lowest BCUT2D eigenvalue weighted by Gasteiger charge is -2.09. The fourth-order valence-corrected chi connectivity index (χ4v) is 2.88. The number of benzene rings is 2. The summed E-state index contributed by atoms with van der Waals surface area (Å²) in [4.78, 5) is 14.2. The van der Waals surface area contributed by atoms with Crippen LogP contribution in [0.4, 0.5) is 0 Å². The minimum atomic E-state index is -3.78. The topological polar surface area (TPSA) is 75.3 Å². The Morgan fingerprint density at radius 3 is 1.83 bits per heavy atom. The van der Waals surface area contributed by atoms with Crippen LogP contribution in [0.2, 0.25) is 0 Å². The zero-order valence-electron chi connectivity index (χ0n) is 13.2. The fourth-order valence-electron chi connectivity index (χ4n) is 2.04. The van der Waals surface area contributed by atoms with E-state index < -0.39 is 15.9 Å². The van der Waals surface area contributed by atoms with Crippen LogP contribution in [0.5, 0.6) is 0 Å². The second-order valence-electron chi connectivity index (χ2n) is 5.11. The number of carbonyl (C=O) groups excluding carboxylic acids is 1. The number of sulfonamides is 1. The van der Waals surface area contributed by atoms with Gasteiger partial charge in [-0.05, 0) is 48.2 Å². The van der Waals surface area contributed by atoms with Gasteiger partial charge in [-0.1, -0.05) is 38.1 Å². The lowest BCUT2D eigenvalue weighted by Crippen LogP contribution is -2.41. The number of hydrogen-bond acceptors (Lipinski definition) is 3. The molecule has 0 aliphatic carbocycles. The molecule has 0 unspecified atom stereocenters. The van der Waals surface area contributed by atoms with Gasteiger partial charge >= 0.3 is 0 Å². The molecular formula is C17H20N2O3S. The highest BCUT2D eigenvalue weighted by Crippen LogP contribution is 2.10. The van der Waals surface area contributed by atoms with Gasteiger partial charge in [0, 0.05) is 5.56 Å². The maximum absolute atomic E-state index is 12.1. The van der Waals surface area contributed by atoms with Crippen molar-refractivity contribution in [3.05, 3.63) is 65.2 Å². The highest BCUT2D eigenvalue weighted by atomic mass is 32.2. The van der Waals surface area contributed by atoms with Crippen LogP contribution in [-0.4, -0.2) is 14.3 Å². The first-order chi connectivity index (χ1) is 11.0. The Kier molecular flexibility index (Phi) is 5.52. The Hall–Kier alpha value is -2.18. The third kappa shape index (κ3) is 4.40. The minimum Gasteiger partial charge on any atom is -0.273 e. The van der Waals surface area contributed by atoms with Crippen molar-refractivity contribution in [2.45, 2.75) is 31.6 Å². The van der Waals surface area contributed by atoms with Gasteiger partial charge in [0.05, 0.1) is 4.90 Å². The molecule has 2 aromatic rings. The molecule has 0 saturated heterocycles. The molecule has 0 heterocycles. The van der Waals surface area contributed by atoms with E-state index in [0.717, 1.165) is 24.0 Å². The standard InChI is InChI=1S/C17H20N2O3S/c1-3-13-5-9-15(10-6-13)17(20)18-19-23(21,22)16-11-7-14(4-2)8-12-16/h5-12,19H,3-4H2,1-2H3,(H,18,20). The van der Waals surface area contributed by atoms with E-state index in [-0.39, 0.29) is 4.90 Å². The zero-order chi connectivity index (χ0) is 16.9. The van der Waals surface area contributed by atoms with Crippen molar-refractivity contribution in [1.82, 2.24) is 10.3 Å². The molecule has 5 nitrogen and oxygen atoms in total. The summed E-state index contributed by atoms with van der Waals surface area (Å²) >= 11 is 0. The van der Waals surface area contributed by atoms with Gasteiger partial charge in [-0.25, -0.2) is 8.42 Å². The minimum absolute atomic E-state index is 0.108. The van der Waals surface area contributed by atoms with Crippen LogP contribution >= 0.6 is 0 Å². The fraction of sp³-hybridized carbons (Fsp3) is 0.235. The second kappa shape index (κ2) is 7.39. The molecule has 1 amide bonds. The van der Waals surface area contributed by atoms with E-state index in [2.05, 4.69) is 10.3 Å². The maximum atomic E-state index is 12.1. The molecule has 2 aromatic carbocycles. The molecule has 0 atom stereocenters. The number of hydrazine groups is 1. The summed E-state index contributed by atoms with van der Waals surface area (Å²) < 4.78 is 24.3. The number of rotatable bonds is 6. The lowest BCUT2D eigenvalue weighted by molar-refractivity contribution is 0.0945. The summed E-state index contributed by atoms with van der Waals surface area (Å²) in [7, 11) is -3.78. The highest BCUT2D eigenvalue weighted by molar-refractivity contribution is 7.89. The number of aryl methyl sites for hydroxylation is 2. The molecule has 0 bridgehead atoms. The van der Waals surface area contributed by atoms with E-state index in [1.165, 1.54) is 12.1 Å². The van der Waals surface area contributed by atoms with Crippen molar-refractivity contribution in [3.63, 3.8) is 0 Å². The molecule has 0 aliphatic rings. The number of hydrogen-bond donors (Lipinski definition) is 2. The molecule has 23 heavy (non-hydrogen) atoms. The van der Waals surface area contributed by atoms with Crippen LogP contribution in [0.1, 0.15) is 35.3 Å². The highest BCUT2D eigenvalue weighted by Gasteiger charge is 2.15. The number of carbonyl (C=O) groups is 1. The van der Waals surface area contributed by atoms with Crippen molar-refractivity contribution in [2.24, 2.45) is 0 Å². The molecule has 2 N–H and O–H groups in total. The molecule has 0 aromatic heterocycles. The van der Waals surface area contributed by atoms with Crippen LogP contribution in [0.25, 0.3) is 0 Å². The molecule has 0 fully saturated rings. The lowest BCUT2D eigenvalue weighted by atomic mass is 10.1. The van der Waals surface area contributed by atoms with Gasteiger partial charge in [-0.2, -0.15) is 0 Å². The molecule has 6 heteroatoms. The summed E-state index contributed by atoms with van der Waals surface area (Å²) in [6, 6.07) is 13.5. The maximum Gasteiger partial charge on any atom is 0.266 e. The number of nitrogens with one attached hydrogen (secondary N) is 2. The summed E-state index contributed by atoms with van der Waals surface area (Å²) in [6.07, 6.45) is 1.71. The van der Waals surface area contributed by atoms with Gasteiger partial charge in [0.15, 0.2) is 0 Å². The van der Waals surface area contributed by atoms with Crippen molar-refractivity contribution in [1.29, 1.82) is 0 Å². The quantitative estimate of drug-likeness (QED) is 0.798. The second-order valence-corrected chi connectivity index (χ2v) is 6.79. The third-order valence-corrected chi connectivity index (χ3v) is 4.83. The summed E-state index contributed by atoms with van der Waals surface area (Å²) in [5.41, 5.74) is 4.78. The van der Waals surface area contributed by atoms with Gasteiger partial charge in [0.1, 0.15) is 0 Å². The van der Waals surface area contributed by atoms with Crippen molar-refractivity contribution >= 4 is 15.9 Å². The van der Waals surface area contributed by atoms with Gasteiger partial charge in [0.2, 0.25) is 0 Å². The number of amides is 1. The van der Waals surface area contributed by atoms with Crippen LogP contribution in [0.15, 0.2) is 53.4 Å². The summed E-state index contributed by atoms with van der Waals surface area (Å²) in [5.74, 6) is -0.499. The van der Waals surface area contributed by atoms with Gasteiger partial charge < -0.3 is 0 Å². The van der Waals surface area contributed by atoms with Gasteiger partial charge in [-0.3, -0.25) is 10.2 Å². The molecule has 122 valence electrons. The largest absolute Gasteiger partial charge is 0.273 e. The zero-order valence-corrected chi connectivity index (χ0v) is 14.0. The molecule has 0 radical (unpaired) electrons. The van der Waals surface area contributed by atoms with E-state index in [1.54, 1.807) is 24.3 Å². The van der Waals surface area contributed by atoms with Crippen LogP contribution in [0.3, 0.4) is 0 Å². The van der Waals surface area contributed by atoms with Gasteiger partial charge in [0.25, 0.3) is 15.9 Å².